The van der Waals surface area contributed by atoms with Crippen molar-refractivity contribution in [2.75, 3.05) is 6.67 Å². The van der Waals surface area contributed by atoms with Crippen molar-refractivity contribution < 1.29 is 4.39 Å². The minimum atomic E-state index is -0.246. The van der Waals surface area contributed by atoms with E-state index in [1.54, 1.807) is 0 Å². The van der Waals surface area contributed by atoms with Gasteiger partial charge in [0.25, 0.3) is 0 Å². The standard InChI is InChI=1S/C9H17ClFN/c1-2-8(10)7-9(12)5-3-4-6-11/h2,9H,3-7,12H2,1H3/b8-2+. The molecule has 0 spiro atoms. The summed E-state index contributed by atoms with van der Waals surface area (Å²) in [4.78, 5) is 0. The zero-order chi connectivity index (χ0) is 9.40. The second kappa shape index (κ2) is 7.56. The molecule has 12 heavy (non-hydrogen) atoms. The van der Waals surface area contributed by atoms with Gasteiger partial charge in [0.05, 0.1) is 6.67 Å². The fourth-order valence-corrected chi connectivity index (χ4v) is 1.17. The van der Waals surface area contributed by atoms with E-state index < -0.39 is 0 Å². The number of hydrogen-bond acceptors (Lipinski definition) is 1. The molecular weight excluding hydrogens is 177 g/mol. The third kappa shape index (κ3) is 6.62. The lowest BCUT2D eigenvalue weighted by Crippen LogP contribution is -2.19. The van der Waals surface area contributed by atoms with Gasteiger partial charge in [0.2, 0.25) is 0 Å². The van der Waals surface area contributed by atoms with Crippen LogP contribution in [0.25, 0.3) is 0 Å². The van der Waals surface area contributed by atoms with Gasteiger partial charge in [0.1, 0.15) is 0 Å². The summed E-state index contributed by atoms with van der Waals surface area (Å²) < 4.78 is 11.7. The van der Waals surface area contributed by atoms with Crippen LogP contribution in [0, 0.1) is 0 Å². The van der Waals surface area contributed by atoms with E-state index in [4.69, 9.17) is 17.3 Å². The average Bonchev–Trinajstić information content (AvgIpc) is 2.05. The van der Waals surface area contributed by atoms with Gasteiger partial charge in [0.15, 0.2) is 0 Å². The Labute approximate surface area is 78.8 Å². The monoisotopic (exact) mass is 193 g/mol. The molecule has 0 fully saturated rings. The quantitative estimate of drug-likeness (QED) is 0.645. The maximum atomic E-state index is 11.7. The van der Waals surface area contributed by atoms with Crippen LogP contribution in [0.5, 0.6) is 0 Å². The fourth-order valence-electron chi connectivity index (χ4n) is 0.971. The highest BCUT2D eigenvalue weighted by Crippen LogP contribution is 2.12. The SMILES string of the molecule is C/C=C(/Cl)CC(N)CCCCF. The number of nitrogens with two attached hydrogens (primary N) is 1. The van der Waals surface area contributed by atoms with Crippen molar-refractivity contribution >= 4 is 11.6 Å². The first kappa shape index (κ1) is 11.9. The first-order chi connectivity index (χ1) is 5.70. The van der Waals surface area contributed by atoms with Crippen molar-refractivity contribution in [1.82, 2.24) is 0 Å². The molecule has 0 amide bonds. The number of unbranched alkanes of at least 4 members (excludes halogenated alkanes) is 1. The lowest BCUT2D eigenvalue weighted by atomic mass is 10.1. The Morgan fingerprint density at radius 2 is 2.25 bits per heavy atom. The summed E-state index contributed by atoms with van der Waals surface area (Å²) in [6.45, 7) is 1.64. The zero-order valence-corrected chi connectivity index (χ0v) is 8.28. The lowest BCUT2D eigenvalue weighted by Gasteiger charge is -2.09. The summed E-state index contributed by atoms with van der Waals surface area (Å²) in [6, 6.07) is 0.0836. The molecule has 0 aromatic rings. The Morgan fingerprint density at radius 1 is 1.58 bits per heavy atom. The highest BCUT2D eigenvalue weighted by Gasteiger charge is 2.03. The van der Waals surface area contributed by atoms with Gasteiger partial charge in [0, 0.05) is 11.1 Å². The van der Waals surface area contributed by atoms with Gasteiger partial charge in [-0.15, -0.1) is 0 Å². The van der Waals surface area contributed by atoms with Crippen molar-refractivity contribution in [2.45, 2.75) is 38.6 Å². The van der Waals surface area contributed by atoms with Crippen LogP contribution in [0.1, 0.15) is 32.6 Å². The Bertz CT molecular complexity index is 136. The van der Waals surface area contributed by atoms with Gasteiger partial charge in [-0.2, -0.15) is 0 Å². The van der Waals surface area contributed by atoms with Crippen LogP contribution in [0.4, 0.5) is 4.39 Å². The van der Waals surface area contributed by atoms with Crippen molar-refractivity contribution in [3.8, 4) is 0 Å². The third-order valence-corrected chi connectivity index (χ3v) is 2.10. The first-order valence-corrected chi connectivity index (χ1v) is 4.70. The van der Waals surface area contributed by atoms with Crippen LogP contribution >= 0.6 is 11.6 Å². The van der Waals surface area contributed by atoms with E-state index >= 15 is 0 Å². The minimum absolute atomic E-state index is 0.0836. The first-order valence-electron chi connectivity index (χ1n) is 4.33. The molecule has 0 aliphatic rings. The summed E-state index contributed by atoms with van der Waals surface area (Å²) in [6.07, 6.45) is 4.88. The van der Waals surface area contributed by atoms with Crippen LogP contribution in [-0.2, 0) is 0 Å². The molecule has 0 bridgehead atoms. The van der Waals surface area contributed by atoms with Crippen LogP contribution in [-0.4, -0.2) is 12.7 Å². The summed E-state index contributed by atoms with van der Waals surface area (Å²) >= 11 is 5.78. The molecule has 1 nitrogen and oxygen atoms in total. The fraction of sp³-hybridized carbons (Fsp3) is 0.778. The second-order valence-corrected chi connectivity index (χ2v) is 3.37. The van der Waals surface area contributed by atoms with Gasteiger partial charge in [-0.05, 0) is 32.6 Å². The Hall–Kier alpha value is -0.0800. The maximum Gasteiger partial charge on any atom is 0.0894 e. The van der Waals surface area contributed by atoms with E-state index in [1.165, 1.54) is 0 Å². The van der Waals surface area contributed by atoms with Crippen molar-refractivity contribution in [3.05, 3.63) is 11.1 Å². The van der Waals surface area contributed by atoms with Crippen molar-refractivity contribution in [2.24, 2.45) is 5.73 Å². The van der Waals surface area contributed by atoms with Gasteiger partial charge < -0.3 is 5.73 Å². The zero-order valence-electron chi connectivity index (χ0n) is 7.52. The van der Waals surface area contributed by atoms with Crippen LogP contribution < -0.4 is 5.73 Å². The third-order valence-electron chi connectivity index (χ3n) is 1.73. The number of allylic oxidation sites excluding steroid dienone is 1. The van der Waals surface area contributed by atoms with E-state index in [-0.39, 0.29) is 12.7 Å². The summed E-state index contributed by atoms with van der Waals surface area (Å²) in [7, 11) is 0. The van der Waals surface area contributed by atoms with Crippen molar-refractivity contribution in [1.29, 1.82) is 0 Å². The topological polar surface area (TPSA) is 26.0 Å². The molecular formula is C9H17ClFN. The summed E-state index contributed by atoms with van der Waals surface area (Å²) in [5.74, 6) is 0. The van der Waals surface area contributed by atoms with Crippen LogP contribution in [0.2, 0.25) is 0 Å². The maximum absolute atomic E-state index is 11.7. The van der Waals surface area contributed by atoms with E-state index in [9.17, 15) is 4.39 Å². The van der Waals surface area contributed by atoms with Gasteiger partial charge in [-0.3, -0.25) is 4.39 Å². The minimum Gasteiger partial charge on any atom is -0.327 e. The lowest BCUT2D eigenvalue weighted by molar-refractivity contribution is 0.444. The molecule has 0 aliphatic heterocycles. The average molecular weight is 194 g/mol. The molecule has 0 saturated carbocycles. The van der Waals surface area contributed by atoms with Crippen LogP contribution in [0.15, 0.2) is 11.1 Å². The molecule has 0 aromatic carbocycles. The summed E-state index contributed by atoms with van der Waals surface area (Å²) in [5, 5.41) is 0.794. The van der Waals surface area contributed by atoms with E-state index in [1.807, 2.05) is 13.0 Å². The number of alkyl halides is 1. The van der Waals surface area contributed by atoms with Crippen molar-refractivity contribution in [3.63, 3.8) is 0 Å². The number of halogens is 2. The highest BCUT2D eigenvalue weighted by molar-refractivity contribution is 6.29. The molecule has 0 saturated heterocycles. The van der Waals surface area contributed by atoms with Crippen LogP contribution in [0.3, 0.4) is 0 Å². The Balaban J connectivity index is 3.39. The number of hydrogen-bond donors (Lipinski definition) is 1. The highest BCUT2D eigenvalue weighted by atomic mass is 35.5. The smallest absolute Gasteiger partial charge is 0.0894 e. The van der Waals surface area contributed by atoms with Gasteiger partial charge in [-0.25, -0.2) is 0 Å². The molecule has 0 rings (SSSR count). The second-order valence-electron chi connectivity index (χ2n) is 2.88. The molecule has 0 aliphatic carbocycles. The molecule has 0 heterocycles. The van der Waals surface area contributed by atoms with Gasteiger partial charge in [-0.1, -0.05) is 17.7 Å². The predicted octanol–water partition coefficient (Wildman–Crippen LogP) is 2.99. The number of rotatable bonds is 6. The molecule has 72 valence electrons. The molecule has 3 heteroatoms. The normalized spacial score (nSPS) is 14.8. The van der Waals surface area contributed by atoms with E-state index in [0.29, 0.717) is 12.8 Å². The Morgan fingerprint density at radius 3 is 2.75 bits per heavy atom. The van der Waals surface area contributed by atoms with E-state index in [2.05, 4.69) is 0 Å². The molecule has 0 aromatic heterocycles. The molecule has 2 N–H and O–H groups in total. The van der Waals surface area contributed by atoms with Gasteiger partial charge >= 0.3 is 0 Å². The summed E-state index contributed by atoms with van der Waals surface area (Å²) in [5.41, 5.74) is 5.74. The molecule has 1 atom stereocenters. The molecule has 0 radical (unpaired) electrons. The predicted molar refractivity (Wildman–Crippen MR) is 52.0 cm³/mol. The largest absolute Gasteiger partial charge is 0.327 e. The Kier molecular flexibility index (Phi) is 7.51. The molecule has 1 unspecified atom stereocenters. The van der Waals surface area contributed by atoms with E-state index in [0.717, 1.165) is 17.9 Å².